The molecule has 2 bridgehead atoms. The molecule has 50 heavy (non-hydrogen) atoms. The molecule has 3 unspecified atom stereocenters. The number of hydrogen-bond donors (Lipinski definition) is 2. The van der Waals surface area contributed by atoms with Crippen LogP contribution in [0, 0.1) is 23.5 Å². The van der Waals surface area contributed by atoms with Crippen molar-refractivity contribution in [3.05, 3.63) is 47.5 Å². The molecule has 5 aliphatic rings. The molecule has 4 fully saturated rings. The van der Waals surface area contributed by atoms with E-state index in [1.165, 1.54) is 6.07 Å². The Morgan fingerprint density at radius 2 is 1.94 bits per heavy atom. The molecule has 0 aliphatic carbocycles. The van der Waals surface area contributed by atoms with Crippen LogP contribution in [0.4, 0.5) is 19.0 Å². The fourth-order valence-electron chi connectivity index (χ4n) is 9.60. The van der Waals surface area contributed by atoms with Crippen molar-refractivity contribution in [3.8, 4) is 28.6 Å². The van der Waals surface area contributed by atoms with Gasteiger partial charge in [-0.3, -0.25) is 4.90 Å². The summed E-state index contributed by atoms with van der Waals surface area (Å²) in [6.45, 7) is 5.46. The Bertz CT molecular complexity index is 2000. The van der Waals surface area contributed by atoms with Crippen LogP contribution in [0.1, 0.15) is 38.2 Å². The zero-order valence-electron chi connectivity index (χ0n) is 28.4. The molecule has 0 radical (unpaired) electrons. The highest BCUT2D eigenvalue weighted by Gasteiger charge is 2.53. The lowest BCUT2D eigenvalue weighted by Crippen LogP contribution is -2.50. The van der Waals surface area contributed by atoms with Gasteiger partial charge >= 0.3 is 6.01 Å². The third-order valence-corrected chi connectivity index (χ3v) is 12.0. The van der Waals surface area contributed by atoms with Crippen LogP contribution in [-0.2, 0) is 11.2 Å². The molecule has 4 aromatic rings. The van der Waals surface area contributed by atoms with Crippen molar-refractivity contribution in [2.75, 3.05) is 57.9 Å². The first-order chi connectivity index (χ1) is 24.3. The van der Waals surface area contributed by atoms with Gasteiger partial charge in [0.1, 0.15) is 36.5 Å². The van der Waals surface area contributed by atoms with Gasteiger partial charge in [-0.2, -0.15) is 9.97 Å². The maximum absolute atomic E-state index is 17.4. The van der Waals surface area contributed by atoms with E-state index in [9.17, 15) is 9.50 Å². The van der Waals surface area contributed by atoms with Gasteiger partial charge in [-0.1, -0.05) is 25.1 Å². The van der Waals surface area contributed by atoms with Crippen molar-refractivity contribution in [3.63, 3.8) is 0 Å². The number of phenolic OH excluding ortho intramolecular Hbond substituents is 1. The van der Waals surface area contributed by atoms with E-state index in [1.807, 2.05) is 25.1 Å². The number of aryl methyl sites for hydroxylation is 1. The van der Waals surface area contributed by atoms with Crippen molar-refractivity contribution in [1.29, 1.82) is 0 Å². The standard InChI is InChI=1S/C38H42F3N5O4/c1-3-21-5-4-6-22-9-25(47)10-27(29(21)22)30-32(40)34-31-35(33(30)41)49-18-28-23-8-7-20(13-42-14-23)15-46(28)36(31)44-37(43-34)50-19-38-11-24(39)16-45(38)17-26(12-38)48-2/h4-6,9-10,20,23-24,26,28,42,47H,3,7-8,11-19H2,1-2H3/t20?,23?,24-,26+,28?,38-/m1/s1. The number of aromatic nitrogens is 2. The molecular formula is C38H42F3N5O4. The Kier molecular flexibility index (Phi) is 7.78. The van der Waals surface area contributed by atoms with Gasteiger partial charge in [0.2, 0.25) is 0 Å². The molecular weight excluding hydrogens is 647 g/mol. The number of anilines is 1. The lowest BCUT2D eigenvalue weighted by molar-refractivity contribution is 0.0969. The van der Waals surface area contributed by atoms with E-state index in [4.69, 9.17) is 19.2 Å². The number of phenols is 1. The van der Waals surface area contributed by atoms with Gasteiger partial charge in [0.15, 0.2) is 17.4 Å². The summed E-state index contributed by atoms with van der Waals surface area (Å²) < 4.78 is 67.7. The molecule has 4 saturated heterocycles. The van der Waals surface area contributed by atoms with Crippen LogP contribution in [0.2, 0.25) is 0 Å². The normalized spacial score (nSPS) is 29.1. The summed E-state index contributed by atoms with van der Waals surface area (Å²) in [5.74, 6) is -1.02. The minimum atomic E-state index is -0.989. The fraction of sp³-hybridized carbons (Fsp3) is 0.526. The SMILES string of the molecule is CCc1cccc2cc(O)cc(-c3c(F)c4c5c(nc(OC[C@]67C[C@@H](F)CN6C[C@@H](OC)C7)nc5c3F)N3CC5CCC(CNC5)C3CO4)c12. The quantitative estimate of drug-likeness (QED) is 0.262. The highest BCUT2D eigenvalue weighted by Crippen LogP contribution is 2.49. The van der Waals surface area contributed by atoms with E-state index < -0.39 is 23.3 Å². The lowest BCUT2D eigenvalue weighted by Gasteiger charge is -2.37. The van der Waals surface area contributed by atoms with Gasteiger partial charge in [0.25, 0.3) is 0 Å². The molecule has 12 heteroatoms. The second kappa shape index (κ2) is 12.1. The maximum Gasteiger partial charge on any atom is 0.319 e. The van der Waals surface area contributed by atoms with Crippen molar-refractivity contribution >= 4 is 27.5 Å². The first kappa shape index (κ1) is 32.1. The average molecular weight is 690 g/mol. The molecule has 5 aliphatic heterocycles. The van der Waals surface area contributed by atoms with Gasteiger partial charge in [-0.25, -0.2) is 13.2 Å². The van der Waals surface area contributed by atoms with Crippen LogP contribution >= 0.6 is 0 Å². The number of hydrogen-bond acceptors (Lipinski definition) is 9. The van der Waals surface area contributed by atoms with Crippen molar-refractivity contribution < 1.29 is 32.5 Å². The second-order valence-electron chi connectivity index (χ2n) is 14.9. The summed E-state index contributed by atoms with van der Waals surface area (Å²) in [5, 5.41) is 15.9. The van der Waals surface area contributed by atoms with E-state index in [2.05, 4.69) is 20.1 Å². The number of alkyl halides is 1. The smallest absolute Gasteiger partial charge is 0.319 e. The number of aromatic hydroxyl groups is 1. The number of nitrogens with one attached hydrogen (secondary N) is 1. The van der Waals surface area contributed by atoms with Gasteiger partial charge < -0.3 is 29.5 Å². The zero-order valence-corrected chi connectivity index (χ0v) is 28.4. The fourth-order valence-corrected chi connectivity index (χ4v) is 9.60. The van der Waals surface area contributed by atoms with Crippen molar-refractivity contribution in [1.82, 2.24) is 20.2 Å². The molecule has 0 spiro atoms. The van der Waals surface area contributed by atoms with E-state index >= 15 is 8.78 Å². The van der Waals surface area contributed by atoms with Crippen LogP contribution in [-0.4, -0.2) is 96.9 Å². The van der Waals surface area contributed by atoms with Gasteiger partial charge in [0, 0.05) is 39.7 Å². The summed E-state index contributed by atoms with van der Waals surface area (Å²) in [4.78, 5) is 13.8. The summed E-state index contributed by atoms with van der Waals surface area (Å²) in [6.07, 6.45) is 2.49. The average Bonchev–Trinajstić information content (AvgIpc) is 3.31. The molecule has 3 aromatic carbocycles. The topological polar surface area (TPSA) is 92.2 Å². The number of halogens is 3. The highest BCUT2D eigenvalue weighted by atomic mass is 19.1. The predicted molar refractivity (Wildman–Crippen MR) is 184 cm³/mol. The summed E-state index contributed by atoms with van der Waals surface area (Å²) in [7, 11) is 1.66. The van der Waals surface area contributed by atoms with Crippen molar-refractivity contribution in [2.45, 2.75) is 62.9 Å². The molecule has 264 valence electrons. The number of fused-ring (bicyclic) bond motifs is 8. The molecule has 0 saturated carbocycles. The Labute approximate surface area is 288 Å². The van der Waals surface area contributed by atoms with E-state index in [0.29, 0.717) is 61.4 Å². The molecule has 1 aromatic heterocycles. The largest absolute Gasteiger partial charge is 0.508 e. The monoisotopic (exact) mass is 689 g/mol. The van der Waals surface area contributed by atoms with Crippen molar-refractivity contribution in [2.24, 2.45) is 11.8 Å². The lowest BCUT2D eigenvalue weighted by atomic mass is 9.91. The van der Waals surface area contributed by atoms with Crippen LogP contribution < -0.4 is 19.7 Å². The molecule has 9 nitrogen and oxygen atoms in total. The minimum Gasteiger partial charge on any atom is -0.508 e. The molecule has 2 N–H and O–H groups in total. The third-order valence-electron chi connectivity index (χ3n) is 12.0. The first-order valence-electron chi connectivity index (χ1n) is 17.9. The van der Waals surface area contributed by atoms with E-state index in [-0.39, 0.29) is 70.8 Å². The molecule has 6 atom stereocenters. The zero-order chi connectivity index (χ0) is 34.3. The van der Waals surface area contributed by atoms with Crippen LogP contribution in [0.25, 0.3) is 32.8 Å². The van der Waals surface area contributed by atoms with E-state index in [0.717, 1.165) is 31.5 Å². The van der Waals surface area contributed by atoms with Crippen LogP contribution in [0.15, 0.2) is 30.3 Å². The minimum absolute atomic E-state index is 0.0457. The number of rotatable bonds is 6. The number of ether oxygens (including phenoxy) is 3. The van der Waals surface area contributed by atoms with Crippen LogP contribution in [0.3, 0.4) is 0 Å². The summed E-state index contributed by atoms with van der Waals surface area (Å²) >= 11 is 0. The Balaban J connectivity index is 1.25. The highest BCUT2D eigenvalue weighted by molar-refractivity contribution is 6.05. The van der Waals surface area contributed by atoms with Gasteiger partial charge in [-0.15, -0.1) is 0 Å². The predicted octanol–water partition coefficient (Wildman–Crippen LogP) is 5.77. The summed E-state index contributed by atoms with van der Waals surface area (Å²) in [5.41, 5.74) is 0.0864. The Morgan fingerprint density at radius 3 is 2.78 bits per heavy atom. The number of benzene rings is 3. The van der Waals surface area contributed by atoms with Crippen LogP contribution in [0.5, 0.6) is 17.5 Å². The molecule has 6 heterocycles. The molecule has 9 rings (SSSR count). The first-order valence-corrected chi connectivity index (χ1v) is 17.9. The maximum atomic E-state index is 17.4. The van der Waals surface area contributed by atoms with E-state index in [1.54, 1.807) is 13.2 Å². The van der Waals surface area contributed by atoms with Gasteiger partial charge in [0.05, 0.1) is 28.6 Å². The number of methoxy groups -OCH3 is 1. The second-order valence-corrected chi connectivity index (χ2v) is 14.9. The Hall–Kier alpha value is -3.87. The summed E-state index contributed by atoms with van der Waals surface area (Å²) in [6, 6.07) is 8.45. The third kappa shape index (κ3) is 5.00. The Morgan fingerprint density at radius 1 is 1.06 bits per heavy atom. The molecule has 0 amide bonds. The number of nitrogens with zero attached hydrogens (tertiary/aromatic N) is 4. The van der Waals surface area contributed by atoms with Gasteiger partial charge in [-0.05, 0) is 78.1 Å².